The van der Waals surface area contributed by atoms with E-state index >= 15 is 0 Å². The number of esters is 1. The summed E-state index contributed by atoms with van der Waals surface area (Å²) < 4.78 is 16.6. The second-order valence-corrected chi connectivity index (χ2v) is 11.8. The molecule has 0 aromatic rings. The molecule has 41 heavy (non-hydrogen) atoms. The number of hydrogen-bond acceptors (Lipinski definition) is 6. The zero-order chi connectivity index (χ0) is 30.2. The molecule has 0 saturated heterocycles. The number of methoxy groups -OCH3 is 1. The lowest BCUT2D eigenvalue weighted by molar-refractivity contribution is -0.144. The average Bonchev–Trinajstić information content (AvgIpc) is 2.97. The van der Waals surface area contributed by atoms with Crippen molar-refractivity contribution in [3.63, 3.8) is 0 Å². The fourth-order valence-corrected chi connectivity index (χ4v) is 5.21. The van der Waals surface area contributed by atoms with Gasteiger partial charge in [0.05, 0.1) is 25.4 Å². The van der Waals surface area contributed by atoms with Gasteiger partial charge in [0.15, 0.2) is 0 Å². The molecule has 6 heteroatoms. The predicted molar refractivity (Wildman–Crippen MR) is 173 cm³/mol. The number of carbonyl (C=O) groups excluding carboxylic acids is 1. The van der Waals surface area contributed by atoms with Crippen LogP contribution >= 0.6 is 0 Å². The number of aliphatic hydroxyl groups excluding tert-OH is 1. The van der Waals surface area contributed by atoms with Crippen molar-refractivity contribution in [2.24, 2.45) is 5.92 Å². The minimum Gasteiger partial charge on any atom is -0.498 e. The van der Waals surface area contributed by atoms with E-state index in [0.29, 0.717) is 25.6 Å². The molecule has 0 amide bonds. The number of aliphatic hydroxyl groups is 1. The number of unbranched alkanes of at least 4 members (excludes halogenated alkanes) is 13. The maximum Gasteiger partial charge on any atom is 0.307 e. The highest BCUT2D eigenvalue weighted by atomic mass is 16.5. The van der Waals surface area contributed by atoms with Gasteiger partial charge in [-0.3, -0.25) is 4.79 Å². The second-order valence-electron chi connectivity index (χ2n) is 11.8. The first-order valence-corrected chi connectivity index (χ1v) is 17.4. The molecular formula is C35H69NO5. The van der Waals surface area contributed by atoms with Crippen molar-refractivity contribution in [3.8, 4) is 0 Å². The average molecular weight is 584 g/mol. The third kappa shape index (κ3) is 27.5. The lowest BCUT2D eigenvalue weighted by Crippen LogP contribution is -2.29. The molecule has 0 aliphatic heterocycles. The van der Waals surface area contributed by atoms with E-state index in [1.807, 2.05) is 0 Å². The third-order valence-electron chi connectivity index (χ3n) is 7.94. The number of ether oxygens (including phenoxy) is 3. The molecule has 0 aliphatic rings. The molecule has 0 bridgehead atoms. The standard InChI is InChI=1S/C35H69NO5/c1-5-7-9-11-12-16-24-34(23-15-10-8-6-2)33(3)40-31-20-14-13-17-26-36(27-18-19-29-37)28-25-35(38)41-32-22-21-30-39-4/h34,37H,3,5-32H2,1-2,4H3. The van der Waals surface area contributed by atoms with Crippen LogP contribution in [0.4, 0.5) is 0 Å². The highest BCUT2D eigenvalue weighted by molar-refractivity contribution is 5.69. The lowest BCUT2D eigenvalue weighted by atomic mass is 9.93. The van der Waals surface area contributed by atoms with Crippen LogP contribution in [0, 0.1) is 5.92 Å². The van der Waals surface area contributed by atoms with Gasteiger partial charge in [-0.05, 0) is 64.5 Å². The number of rotatable bonds is 33. The van der Waals surface area contributed by atoms with Crippen molar-refractivity contribution in [1.29, 1.82) is 0 Å². The van der Waals surface area contributed by atoms with Gasteiger partial charge < -0.3 is 24.2 Å². The summed E-state index contributed by atoms with van der Waals surface area (Å²) in [5.74, 6) is 1.42. The zero-order valence-corrected chi connectivity index (χ0v) is 27.6. The van der Waals surface area contributed by atoms with Crippen LogP contribution in [-0.4, -0.2) is 69.1 Å². The summed E-state index contributed by atoms with van der Waals surface area (Å²) in [6.07, 6.45) is 24.2. The summed E-state index contributed by atoms with van der Waals surface area (Å²) >= 11 is 0. The highest BCUT2D eigenvalue weighted by Gasteiger charge is 2.14. The van der Waals surface area contributed by atoms with Crippen molar-refractivity contribution in [2.45, 2.75) is 149 Å². The Morgan fingerprint density at radius 3 is 1.83 bits per heavy atom. The maximum absolute atomic E-state index is 12.1. The molecule has 244 valence electrons. The van der Waals surface area contributed by atoms with Gasteiger partial charge in [0.2, 0.25) is 0 Å². The Morgan fingerprint density at radius 1 is 0.659 bits per heavy atom. The van der Waals surface area contributed by atoms with E-state index in [1.165, 1.54) is 77.0 Å². The second kappa shape index (κ2) is 31.8. The van der Waals surface area contributed by atoms with Crippen LogP contribution in [-0.2, 0) is 19.0 Å². The molecule has 0 fully saturated rings. The lowest BCUT2D eigenvalue weighted by Gasteiger charge is -2.22. The summed E-state index contributed by atoms with van der Waals surface area (Å²) in [5, 5.41) is 9.15. The van der Waals surface area contributed by atoms with Crippen molar-refractivity contribution >= 4 is 5.97 Å². The van der Waals surface area contributed by atoms with Crippen molar-refractivity contribution in [2.75, 3.05) is 53.2 Å². The Bertz CT molecular complexity index is 571. The number of hydrogen-bond donors (Lipinski definition) is 1. The van der Waals surface area contributed by atoms with Gasteiger partial charge in [-0.1, -0.05) is 97.5 Å². The van der Waals surface area contributed by atoms with Gasteiger partial charge in [0.25, 0.3) is 0 Å². The van der Waals surface area contributed by atoms with Crippen molar-refractivity contribution < 1.29 is 24.1 Å². The van der Waals surface area contributed by atoms with Gasteiger partial charge in [-0.15, -0.1) is 0 Å². The summed E-state index contributed by atoms with van der Waals surface area (Å²) in [7, 11) is 1.69. The first-order valence-electron chi connectivity index (χ1n) is 17.4. The molecule has 0 rings (SSSR count). The summed E-state index contributed by atoms with van der Waals surface area (Å²) in [4.78, 5) is 14.5. The van der Waals surface area contributed by atoms with E-state index in [-0.39, 0.29) is 12.6 Å². The van der Waals surface area contributed by atoms with Gasteiger partial charge >= 0.3 is 5.97 Å². The summed E-state index contributed by atoms with van der Waals surface area (Å²) in [6, 6.07) is 0. The topological polar surface area (TPSA) is 68.2 Å². The Hall–Kier alpha value is -1.11. The molecule has 0 saturated carbocycles. The van der Waals surface area contributed by atoms with Crippen LogP contribution in [0.25, 0.3) is 0 Å². The quantitative estimate of drug-likeness (QED) is 0.0473. The molecule has 0 aliphatic carbocycles. The van der Waals surface area contributed by atoms with E-state index in [0.717, 1.165) is 83.4 Å². The normalized spacial score (nSPS) is 12.1. The van der Waals surface area contributed by atoms with Crippen LogP contribution in [0.2, 0.25) is 0 Å². The molecule has 1 atom stereocenters. The Labute approximate surface area is 255 Å². The summed E-state index contributed by atoms with van der Waals surface area (Å²) in [6.45, 7) is 13.7. The van der Waals surface area contributed by atoms with E-state index in [1.54, 1.807) is 7.11 Å². The molecular weight excluding hydrogens is 514 g/mol. The van der Waals surface area contributed by atoms with Gasteiger partial charge in [0.1, 0.15) is 0 Å². The number of nitrogens with zero attached hydrogens (tertiary/aromatic N) is 1. The third-order valence-corrected chi connectivity index (χ3v) is 7.94. The van der Waals surface area contributed by atoms with E-state index in [2.05, 4.69) is 25.3 Å². The van der Waals surface area contributed by atoms with Crippen molar-refractivity contribution in [1.82, 2.24) is 4.90 Å². The number of carbonyl (C=O) groups is 1. The SMILES string of the molecule is C=C(OCCCCCCN(CCCCO)CCC(=O)OCCCCOC)C(CCCCCC)CCCCCCCC. The Kier molecular flexibility index (Phi) is 31.0. The van der Waals surface area contributed by atoms with E-state index in [4.69, 9.17) is 19.3 Å². The monoisotopic (exact) mass is 584 g/mol. The first-order chi connectivity index (χ1) is 20.1. The highest BCUT2D eigenvalue weighted by Crippen LogP contribution is 2.25. The Morgan fingerprint density at radius 2 is 1.17 bits per heavy atom. The molecule has 0 spiro atoms. The Balaban J connectivity index is 4.23. The largest absolute Gasteiger partial charge is 0.498 e. The predicted octanol–water partition coefficient (Wildman–Crippen LogP) is 8.85. The molecule has 0 radical (unpaired) electrons. The number of allylic oxidation sites excluding steroid dienone is 1. The maximum atomic E-state index is 12.1. The van der Waals surface area contributed by atoms with E-state index in [9.17, 15) is 4.79 Å². The van der Waals surface area contributed by atoms with Crippen LogP contribution in [0.15, 0.2) is 12.3 Å². The minimum absolute atomic E-state index is 0.118. The molecule has 1 N–H and O–H groups in total. The summed E-state index contributed by atoms with van der Waals surface area (Å²) in [5.41, 5.74) is 0. The van der Waals surface area contributed by atoms with Crippen LogP contribution in [0.5, 0.6) is 0 Å². The zero-order valence-electron chi connectivity index (χ0n) is 27.6. The van der Waals surface area contributed by atoms with Crippen molar-refractivity contribution in [3.05, 3.63) is 12.3 Å². The smallest absolute Gasteiger partial charge is 0.307 e. The minimum atomic E-state index is -0.118. The van der Waals surface area contributed by atoms with Crippen LogP contribution in [0.3, 0.4) is 0 Å². The van der Waals surface area contributed by atoms with Gasteiger partial charge in [-0.2, -0.15) is 0 Å². The van der Waals surface area contributed by atoms with Gasteiger partial charge in [-0.25, -0.2) is 0 Å². The van der Waals surface area contributed by atoms with E-state index < -0.39 is 0 Å². The molecule has 0 aromatic heterocycles. The fourth-order valence-electron chi connectivity index (χ4n) is 5.21. The van der Waals surface area contributed by atoms with Crippen LogP contribution in [0.1, 0.15) is 149 Å². The molecule has 6 nitrogen and oxygen atoms in total. The molecule has 0 heterocycles. The fraction of sp³-hybridized carbons (Fsp3) is 0.914. The van der Waals surface area contributed by atoms with Gasteiger partial charge in [0, 0.05) is 32.8 Å². The first kappa shape index (κ1) is 39.9. The molecule has 0 aromatic carbocycles. The molecule has 1 unspecified atom stereocenters. The van der Waals surface area contributed by atoms with Crippen LogP contribution < -0.4 is 0 Å².